The van der Waals surface area contributed by atoms with E-state index in [1.807, 2.05) is 30.3 Å². The highest BCUT2D eigenvalue weighted by Gasteiger charge is 2.45. The minimum Gasteiger partial charge on any atom is -0.444 e. The van der Waals surface area contributed by atoms with E-state index in [4.69, 9.17) is 14.2 Å². The summed E-state index contributed by atoms with van der Waals surface area (Å²) >= 11 is 0. The molecule has 0 spiro atoms. The van der Waals surface area contributed by atoms with E-state index in [0.717, 1.165) is 5.56 Å². The molecule has 128 valence electrons. The summed E-state index contributed by atoms with van der Waals surface area (Å²) in [6.07, 6.45) is -0.926. The number of hydrogen-bond acceptors (Lipinski definition) is 5. The van der Waals surface area contributed by atoms with Crippen molar-refractivity contribution in [2.45, 2.75) is 51.2 Å². The van der Waals surface area contributed by atoms with Gasteiger partial charge in [-0.25, -0.2) is 4.79 Å². The summed E-state index contributed by atoms with van der Waals surface area (Å²) in [6.45, 7) is 6.08. The molecule has 3 atom stereocenters. The number of aliphatic hydroxyl groups excluding tert-OH is 1. The first kappa shape index (κ1) is 17.7. The summed E-state index contributed by atoms with van der Waals surface area (Å²) in [7, 11) is 0. The van der Waals surface area contributed by atoms with Gasteiger partial charge in [-0.05, 0) is 26.3 Å². The topological polar surface area (TPSA) is 80.3 Å². The Labute approximate surface area is 136 Å². The van der Waals surface area contributed by atoms with E-state index in [2.05, 4.69) is 5.32 Å². The molecular formula is C17H25NO5. The SMILES string of the molecule is CC(C)(C)OC(=O)N[C@@H](CO)[C@H]1O[C@H]1COCc1ccccc1. The highest BCUT2D eigenvalue weighted by atomic mass is 16.6. The van der Waals surface area contributed by atoms with Crippen LogP contribution < -0.4 is 5.32 Å². The third kappa shape index (κ3) is 6.17. The number of nitrogens with one attached hydrogen (secondary N) is 1. The van der Waals surface area contributed by atoms with Gasteiger partial charge in [0, 0.05) is 0 Å². The molecule has 6 nitrogen and oxygen atoms in total. The van der Waals surface area contributed by atoms with Gasteiger partial charge in [0.1, 0.15) is 17.8 Å². The van der Waals surface area contributed by atoms with Gasteiger partial charge in [0.15, 0.2) is 0 Å². The van der Waals surface area contributed by atoms with E-state index >= 15 is 0 Å². The predicted molar refractivity (Wildman–Crippen MR) is 85.0 cm³/mol. The number of hydrogen-bond donors (Lipinski definition) is 2. The lowest BCUT2D eigenvalue weighted by Gasteiger charge is -2.22. The largest absolute Gasteiger partial charge is 0.444 e. The first-order valence-corrected chi connectivity index (χ1v) is 7.76. The van der Waals surface area contributed by atoms with Crippen LogP contribution in [-0.2, 0) is 20.8 Å². The van der Waals surface area contributed by atoms with Gasteiger partial charge in [0.2, 0.25) is 0 Å². The van der Waals surface area contributed by atoms with Crippen LogP contribution in [0.3, 0.4) is 0 Å². The van der Waals surface area contributed by atoms with Gasteiger partial charge in [0.05, 0.1) is 25.9 Å². The summed E-state index contributed by atoms with van der Waals surface area (Å²) in [6, 6.07) is 9.37. The van der Waals surface area contributed by atoms with Crippen LogP contribution >= 0.6 is 0 Å². The van der Waals surface area contributed by atoms with Crippen molar-refractivity contribution in [1.29, 1.82) is 0 Å². The van der Waals surface area contributed by atoms with E-state index in [0.29, 0.717) is 13.2 Å². The molecule has 1 aromatic rings. The molecule has 1 amide bonds. The number of amides is 1. The normalized spacial score (nSPS) is 21.6. The molecule has 0 radical (unpaired) electrons. The molecule has 1 heterocycles. The van der Waals surface area contributed by atoms with E-state index in [1.54, 1.807) is 20.8 Å². The van der Waals surface area contributed by atoms with Crippen LogP contribution in [0.2, 0.25) is 0 Å². The Morgan fingerprint density at radius 3 is 2.65 bits per heavy atom. The average molecular weight is 323 g/mol. The molecule has 0 bridgehead atoms. The number of benzene rings is 1. The van der Waals surface area contributed by atoms with Crippen LogP contribution in [-0.4, -0.2) is 48.3 Å². The van der Waals surface area contributed by atoms with Crippen LogP contribution in [0.25, 0.3) is 0 Å². The van der Waals surface area contributed by atoms with Crippen LogP contribution in [0, 0.1) is 0 Å². The van der Waals surface area contributed by atoms with Crippen molar-refractivity contribution >= 4 is 6.09 Å². The molecule has 0 aromatic heterocycles. The maximum absolute atomic E-state index is 11.7. The second kappa shape index (κ2) is 7.77. The van der Waals surface area contributed by atoms with Gasteiger partial charge >= 0.3 is 6.09 Å². The number of alkyl carbamates (subject to hydrolysis) is 1. The van der Waals surface area contributed by atoms with Crippen molar-refractivity contribution < 1.29 is 24.1 Å². The molecular weight excluding hydrogens is 298 g/mol. The molecule has 1 saturated heterocycles. The number of epoxide rings is 1. The van der Waals surface area contributed by atoms with Gasteiger partial charge < -0.3 is 24.6 Å². The summed E-state index contributed by atoms with van der Waals surface area (Å²) in [4.78, 5) is 11.7. The second-order valence-corrected chi connectivity index (χ2v) is 6.58. The van der Waals surface area contributed by atoms with E-state index in [-0.39, 0.29) is 18.8 Å². The lowest BCUT2D eigenvalue weighted by molar-refractivity contribution is 0.0469. The Morgan fingerprint density at radius 2 is 2.04 bits per heavy atom. The highest BCUT2D eigenvalue weighted by Crippen LogP contribution is 2.26. The first-order chi connectivity index (χ1) is 10.9. The molecule has 1 fully saturated rings. The van der Waals surface area contributed by atoms with E-state index in [9.17, 15) is 9.90 Å². The van der Waals surface area contributed by atoms with Crippen LogP contribution in [0.15, 0.2) is 30.3 Å². The minimum absolute atomic E-state index is 0.120. The van der Waals surface area contributed by atoms with Crippen molar-refractivity contribution in [3.63, 3.8) is 0 Å². The molecule has 1 aliphatic rings. The predicted octanol–water partition coefficient (Wildman–Crippen LogP) is 1.86. The lowest BCUT2D eigenvalue weighted by Crippen LogP contribution is -2.44. The van der Waals surface area contributed by atoms with E-state index < -0.39 is 17.7 Å². The molecule has 0 unspecified atom stereocenters. The Bertz CT molecular complexity index is 499. The number of aliphatic hydroxyl groups is 1. The maximum atomic E-state index is 11.7. The average Bonchev–Trinajstić information content (AvgIpc) is 3.23. The molecule has 0 saturated carbocycles. The van der Waals surface area contributed by atoms with Crippen LogP contribution in [0.1, 0.15) is 26.3 Å². The number of carbonyl (C=O) groups excluding carboxylic acids is 1. The van der Waals surface area contributed by atoms with Gasteiger partial charge in [-0.2, -0.15) is 0 Å². The number of rotatable bonds is 7. The van der Waals surface area contributed by atoms with Gasteiger partial charge in [-0.15, -0.1) is 0 Å². The van der Waals surface area contributed by atoms with Crippen molar-refractivity contribution in [3.8, 4) is 0 Å². The Morgan fingerprint density at radius 1 is 1.35 bits per heavy atom. The Kier molecular flexibility index (Phi) is 5.98. The van der Waals surface area contributed by atoms with Crippen molar-refractivity contribution in [3.05, 3.63) is 35.9 Å². The molecule has 2 N–H and O–H groups in total. The molecule has 23 heavy (non-hydrogen) atoms. The summed E-state index contributed by atoms with van der Waals surface area (Å²) < 4.78 is 16.3. The molecule has 2 rings (SSSR count). The van der Waals surface area contributed by atoms with Gasteiger partial charge in [0.25, 0.3) is 0 Å². The van der Waals surface area contributed by atoms with Crippen molar-refractivity contribution in [1.82, 2.24) is 5.32 Å². The van der Waals surface area contributed by atoms with Crippen LogP contribution in [0.4, 0.5) is 4.79 Å². The second-order valence-electron chi connectivity index (χ2n) is 6.58. The zero-order valence-electron chi connectivity index (χ0n) is 13.8. The van der Waals surface area contributed by atoms with Crippen LogP contribution in [0.5, 0.6) is 0 Å². The number of ether oxygens (including phenoxy) is 3. The third-order valence-corrected chi connectivity index (χ3v) is 3.31. The van der Waals surface area contributed by atoms with Gasteiger partial charge in [-0.1, -0.05) is 30.3 Å². The summed E-state index contributed by atoms with van der Waals surface area (Å²) in [5.41, 5.74) is 0.516. The molecule has 6 heteroatoms. The van der Waals surface area contributed by atoms with Crippen molar-refractivity contribution in [2.24, 2.45) is 0 Å². The smallest absolute Gasteiger partial charge is 0.408 e. The zero-order valence-corrected chi connectivity index (χ0v) is 13.8. The minimum atomic E-state index is -0.577. The summed E-state index contributed by atoms with van der Waals surface area (Å²) in [5, 5.41) is 12.0. The van der Waals surface area contributed by atoms with Crippen molar-refractivity contribution in [2.75, 3.05) is 13.2 Å². The first-order valence-electron chi connectivity index (χ1n) is 7.76. The monoisotopic (exact) mass is 323 g/mol. The fraction of sp³-hybridized carbons (Fsp3) is 0.588. The fourth-order valence-corrected chi connectivity index (χ4v) is 2.20. The van der Waals surface area contributed by atoms with E-state index in [1.165, 1.54) is 0 Å². The third-order valence-electron chi connectivity index (χ3n) is 3.31. The summed E-state index contributed by atoms with van der Waals surface area (Å²) in [5.74, 6) is 0. The fourth-order valence-electron chi connectivity index (χ4n) is 2.20. The zero-order chi connectivity index (χ0) is 16.9. The quantitative estimate of drug-likeness (QED) is 0.749. The Balaban J connectivity index is 1.69. The molecule has 1 aromatic carbocycles. The lowest BCUT2D eigenvalue weighted by atomic mass is 10.1. The number of carbonyl (C=O) groups is 1. The highest BCUT2D eigenvalue weighted by molar-refractivity contribution is 5.68. The standard InChI is InChI=1S/C17H25NO5/c1-17(2,3)23-16(20)18-13(9-19)15-14(22-15)11-21-10-12-7-5-4-6-8-12/h4-8,13-15,19H,9-11H2,1-3H3,(H,18,20)/t13-,14-,15+/m0/s1. The molecule has 1 aliphatic heterocycles. The molecule has 0 aliphatic carbocycles. The maximum Gasteiger partial charge on any atom is 0.408 e. The Hall–Kier alpha value is -1.63. The van der Waals surface area contributed by atoms with Gasteiger partial charge in [-0.3, -0.25) is 0 Å².